The number of nitrogens with one attached hydrogen (secondary N) is 1. The molecule has 3 N–H and O–H groups in total. The molecular formula is C10H12N2O3S. The average Bonchev–Trinajstić information content (AvgIpc) is 2.35. The highest BCUT2D eigenvalue weighted by atomic mass is 32.2. The van der Waals surface area contributed by atoms with E-state index in [4.69, 9.17) is 5.14 Å². The van der Waals surface area contributed by atoms with Crippen LogP contribution in [0.1, 0.15) is 18.4 Å². The number of aryl methyl sites for hydroxylation is 1. The van der Waals surface area contributed by atoms with E-state index in [2.05, 4.69) is 5.32 Å². The molecule has 1 aliphatic heterocycles. The van der Waals surface area contributed by atoms with Gasteiger partial charge in [0.2, 0.25) is 15.9 Å². The Balaban J connectivity index is 2.47. The van der Waals surface area contributed by atoms with Crippen molar-refractivity contribution in [1.82, 2.24) is 0 Å². The number of anilines is 1. The van der Waals surface area contributed by atoms with Crippen LogP contribution in [-0.4, -0.2) is 14.3 Å². The van der Waals surface area contributed by atoms with E-state index in [-0.39, 0.29) is 10.8 Å². The van der Waals surface area contributed by atoms with Crippen molar-refractivity contribution in [3.63, 3.8) is 0 Å². The van der Waals surface area contributed by atoms with Gasteiger partial charge in [-0.15, -0.1) is 0 Å². The second kappa shape index (κ2) is 3.88. The van der Waals surface area contributed by atoms with Crippen molar-refractivity contribution in [2.45, 2.75) is 24.2 Å². The average molecular weight is 240 g/mol. The van der Waals surface area contributed by atoms with E-state index in [9.17, 15) is 13.2 Å². The second-order valence-corrected chi connectivity index (χ2v) is 5.33. The fourth-order valence-electron chi connectivity index (χ4n) is 1.73. The molecule has 16 heavy (non-hydrogen) atoms. The lowest BCUT2D eigenvalue weighted by molar-refractivity contribution is -0.116. The van der Waals surface area contributed by atoms with Crippen LogP contribution in [0, 0.1) is 0 Å². The maximum atomic E-state index is 11.3. The normalized spacial score (nSPS) is 16.2. The highest BCUT2D eigenvalue weighted by molar-refractivity contribution is 7.89. The molecule has 0 unspecified atom stereocenters. The van der Waals surface area contributed by atoms with Crippen molar-refractivity contribution in [2.24, 2.45) is 5.14 Å². The Morgan fingerprint density at radius 3 is 2.69 bits per heavy atom. The molecule has 0 aliphatic carbocycles. The van der Waals surface area contributed by atoms with Gasteiger partial charge in [-0.25, -0.2) is 13.6 Å². The quantitative estimate of drug-likeness (QED) is 0.753. The number of nitrogens with two attached hydrogens (primary N) is 1. The molecule has 2 rings (SSSR count). The van der Waals surface area contributed by atoms with Gasteiger partial charge in [0.15, 0.2) is 0 Å². The van der Waals surface area contributed by atoms with Gasteiger partial charge in [0.05, 0.1) is 4.90 Å². The zero-order valence-corrected chi connectivity index (χ0v) is 9.38. The number of amides is 1. The molecule has 0 radical (unpaired) electrons. The monoisotopic (exact) mass is 240 g/mol. The predicted octanol–water partition coefficient (Wildman–Crippen LogP) is 0.609. The Hall–Kier alpha value is -1.40. The summed E-state index contributed by atoms with van der Waals surface area (Å²) in [5.41, 5.74) is 1.49. The minimum atomic E-state index is -3.67. The number of hydrogen-bond donors (Lipinski definition) is 2. The molecule has 1 aromatic rings. The number of hydrogen-bond acceptors (Lipinski definition) is 3. The molecule has 1 heterocycles. The van der Waals surface area contributed by atoms with Crippen LogP contribution in [0.15, 0.2) is 23.1 Å². The van der Waals surface area contributed by atoms with E-state index in [1.54, 1.807) is 6.07 Å². The SMILES string of the molecule is NS(=O)(=O)c1ccc2c(c1)CCCC(=O)N2. The highest BCUT2D eigenvalue weighted by Gasteiger charge is 2.15. The number of sulfonamides is 1. The minimum absolute atomic E-state index is 0.0397. The number of primary sulfonamides is 1. The Bertz CT molecular complexity index is 537. The first-order valence-electron chi connectivity index (χ1n) is 4.92. The number of rotatable bonds is 1. The Kier molecular flexibility index (Phi) is 2.69. The van der Waals surface area contributed by atoms with Crippen molar-refractivity contribution in [1.29, 1.82) is 0 Å². The molecule has 0 atom stereocenters. The molecule has 0 saturated heterocycles. The summed E-state index contributed by atoms with van der Waals surface area (Å²) >= 11 is 0. The summed E-state index contributed by atoms with van der Waals surface area (Å²) in [6.07, 6.45) is 1.85. The Morgan fingerprint density at radius 2 is 2.00 bits per heavy atom. The molecule has 0 saturated carbocycles. The zero-order valence-electron chi connectivity index (χ0n) is 8.56. The molecule has 6 heteroatoms. The van der Waals surface area contributed by atoms with Crippen molar-refractivity contribution in [2.75, 3.05) is 5.32 Å². The molecule has 86 valence electrons. The first-order valence-corrected chi connectivity index (χ1v) is 6.47. The summed E-state index contributed by atoms with van der Waals surface area (Å²) in [6, 6.07) is 4.51. The standard InChI is InChI=1S/C10H12N2O3S/c11-16(14,15)8-4-5-9-7(6-8)2-1-3-10(13)12-9/h4-6H,1-3H2,(H,12,13)(H2,11,14,15). The van der Waals surface area contributed by atoms with Crippen LogP contribution in [0.25, 0.3) is 0 Å². The molecule has 1 amide bonds. The summed E-state index contributed by atoms with van der Waals surface area (Å²) in [6.45, 7) is 0. The summed E-state index contributed by atoms with van der Waals surface area (Å²) in [7, 11) is -3.67. The van der Waals surface area contributed by atoms with Crippen molar-refractivity contribution >= 4 is 21.6 Å². The second-order valence-electron chi connectivity index (χ2n) is 3.77. The third kappa shape index (κ3) is 2.23. The third-order valence-electron chi connectivity index (χ3n) is 2.53. The van der Waals surface area contributed by atoms with E-state index >= 15 is 0 Å². The van der Waals surface area contributed by atoms with Crippen molar-refractivity contribution in [3.05, 3.63) is 23.8 Å². The number of fused-ring (bicyclic) bond motifs is 1. The molecular weight excluding hydrogens is 228 g/mol. The number of benzene rings is 1. The summed E-state index contributed by atoms with van der Waals surface area (Å²) in [5.74, 6) is -0.0397. The fourth-order valence-corrected chi connectivity index (χ4v) is 2.29. The van der Waals surface area contributed by atoms with E-state index < -0.39 is 10.0 Å². The maximum Gasteiger partial charge on any atom is 0.238 e. The van der Waals surface area contributed by atoms with E-state index in [1.165, 1.54) is 12.1 Å². The van der Waals surface area contributed by atoms with Gasteiger partial charge in [0, 0.05) is 12.1 Å². The van der Waals surface area contributed by atoms with Gasteiger partial charge in [-0.3, -0.25) is 4.79 Å². The largest absolute Gasteiger partial charge is 0.326 e. The summed E-state index contributed by atoms with van der Waals surface area (Å²) in [5, 5.41) is 7.77. The lowest BCUT2D eigenvalue weighted by Crippen LogP contribution is -2.13. The highest BCUT2D eigenvalue weighted by Crippen LogP contribution is 2.24. The maximum absolute atomic E-state index is 11.3. The van der Waals surface area contributed by atoms with Crippen molar-refractivity contribution in [3.8, 4) is 0 Å². The van der Waals surface area contributed by atoms with Crippen LogP contribution in [0.3, 0.4) is 0 Å². The molecule has 0 fully saturated rings. The van der Waals surface area contributed by atoms with Gasteiger partial charge in [0.1, 0.15) is 0 Å². The smallest absolute Gasteiger partial charge is 0.238 e. The van der Waals surface area contributed by atoms with Gasteiger partial charge >= 0.3 is 0 Å². The topological polar surface area (TPSA) is 89.3 Å². The van der Waals surface area contributed by atoms with Crippen LogP contribution in [-0.2, 0) is 21.2 Å². The lowest BCUT2D eigenvalue weighted by Gasteiger charge is -2.07. The third-order valence-corrected chi connectivity index (χ3v) is 3.44. The van der Waals surface area contributed by atoms with Gasteiger partial charge in [0.25, 0.3) is 0 Å². The van der Waals surface area contributed by atoms with Crippen LogP contribution in [0.5, 0.6) is 0 Å². The molecule has 1 aromatic carbocycles. The molecule has 1 aliphatic rings. The lowest BCUT2D eigenvalue weighted by atomic mass is 10.1. The first-order chi connectivity index (χ1) is 7.47. The fraction of sp³-hybridized carbons (Fsp3) is 0.300. The van der Waals surface area contributed by atoms with E-state index in [1.807, 2.05) is 0 Å². The van der Waals surface area contributed by atoms with Gasteiger partial charge < -0.3 is 5.32 Å². The zero-order chi connectivity index (χ0) is 11.8. The predicted molar refractivity (Wildman–Crippen MR) is 59.4 cm³/mol. The van der Waals surface area contributed by atoms with E-state index in [0.29, 0.717) is 24.9 Å². The molecule has 0 aromatic heterocycles. The molecule has 0 spiro atoms. The van der Waals surface area contributed by atoms with Gasteiger partial charge in [-0.1, -0.05) is 0 Å². The number of carbonyl (C=O) groups is 1. The van der Waals surface area contributed by atoms with Crippen LogP contribution < -0.4 is 10.5 Å². The van der Waals surface area contributed by atoms with Crippen LogP contribution in [0.2, 0.25) is 0 Å². The summed E-state index contributed by atoms with van der Waals surface area (Å²) < 4.78 is 22.3. The van der Waals surface area contributed by atoms with Crippen LogP contribution >= 0.6 is 0 Å². The Morgan fingerprint density at radius 1 is 1.25 bits per heavy atom. The van der Waals surface area contributed by atoms with E-state index in [0.717, 1.165) is 5.56 Å². The molecule has 0 bridgehead atoms. The van der Waals surface area contributed by atoms with Gasteiger partial charge in [-0.2, -0.15) is 0 Å². The molecule has 5 nitrogen and oxygen atoms in total. The first kappa shape index (κ1) is 11.1. The summed E-state index contributed by atoms with van der Waals surface area (Å²) in [4.78, 5) is 11.4. The number of carbonyl (C=O) groups excluding carboxylic acids is 1. The van der Waals surface area contributed by atoms with Crippen LogP contribution in [0.4, 0.5) is 5.69 Å². The minimum Gasteiger partial charge on any atom is -0.326 e. The van der Waals surface area contributed by atoms with Crippen molar-refractivity contribution < 1.29 is 13.2 Å². The van der Waals surface area contributed by atoms with Gasteiger partial charge in [-0.05, 0) is 36.6 Å². The Labute approximate surface area is 93.7 Å².